The first kappa shape index (κ1) is 38.6. The molecule has 0 saturated carbocycles. The van der Waals surface area contributed by atoms with Crippen molar-refractivity contribution < 1.29 is 4.74 Å². The van der Waals surface area contributed by atoms with E-state index in [0.29, 0.717) is 12.1 Å². The summed E-state index contributed by atoms with van der Waals surface area (Å²) in [5.41, 5.74) is 0.498. The van der Waals surface area contributed by atoms with Gasteiger partial charge >= 0.3 is 0 Å². The van der Waals surface area contributed by atoms with E-state index in [9.17, 15) is 0 Å². The molecule has 3 fully saturated rings. The quantitative estimate of drug-likeness (QED) is 0.282. The van der Waals surface area contributed by atoms with Crippen molar-refractivity contribution >= 4 is 11.9 Å². The summed E-state index contributed by atoms with van der Waals surface area (Å²) in [4.78, 5) is 22.1. The predicted octanol–water partition coefficient (Wildman–Crippen LogP) is 6.21. The summed E-state index contributed by atoms with van der Waals surface area (Å²) in [6, 6.07) is 1.03. The van der Waals surface area contributed by atoms with E-state index in [2.05, 4.69) is 87.8 Å². The lowest BCUT2D eigenvalue weighted by atomic mass is 9.79. The molecule has 3 aliphatic rings. The van der Waals surface area contributed by atoms with Crippen molar-refractivity contribution in [1.29, 1.82) is 0 Å². The Morgan fingerprint density at radius 1 is 0.705 bits per heavy atom. The highest BCUT2D eigenvalue weighted by molar-refractivity contribution is 5.41. The number of anilines is 2. The predicted molar refractivity (Wildman–Crippen MR) is 188 cm³/mol. The summed E-state index contributed by atoms with van der Waals surface area (Å²) in [5, 5.41) is 7.69. The van der Waals surface area contributed by atoms with Crippen molar-refractivity contribution in [2.45, 2.75) is 163 Å². The third-order valence-electron chi connectivity index (χ3n) is 9.34. The SMILES string of the molecule is C.C.Cc1nc(N2CCOCC2)nc(N(CCCCCCN(C)C2CC(C)(C)NC(C)(C)C2)C2CC(C)(C)NC(C)(C)C2)n1. The molecule has 3 saturated heterocycles. The van der Waals surface area contributed by atoms with Crippen LogP contribution in [0.2, 0.25) is 0 Å². The lowest BCUT2D eigenvalue weighted by molar-refractivity contribution is 0.0805. The molecule has 0 amide bonds. The number of aromatic nitrogens is 3. The van der Waals surface area contributed by atoms with Gasteiger partial charge in [0.25, 0.3) is 0 Å². The largest absolute Gasteiger partial charge is 0.378 e. The number of aryl methyl sites for hydroxylation is 1. The Balaban J connectivity index is 0.00000337. The van der Waals surface area contributed by atoms with Crippen LogP contribution in [-0.4, -0.2) is 101 Å². The van der Waals surface area contributed by atoms with Gasteiger partial charge in [-0.1, -0.05) is 27.7 Å². The number of hydrogen-bond donors (Lipinski definition) is 2. The third kappa shape index (κ3) is 11.1. The molecule has 0 bridgehead atoms. The second kappa shape index (κ2) is 15.4. The number of hydrogen-bond acceptors (Lipinski definition) is 9. The first-order chi connectivity index (χ1) is 19.5. The van der Waals surface area contributed by atoms with Gasteiger partial charge in [-0.3, -0.25) is 0 Å². The van der Waals surface area contributed by atoms with E-state index < -0.39 is 0 Å². The topological polar surface area (TPSA) is 81.7 Å². The summed E-state index contributed by atoms with van der Waals surface area (Å²) in [6.07, 6.45) is 9.45. The van der Waals surface area contributed by atoms with Gasteiger partial charge in [0.2, 0.25) is 11.9 Å². The molecule has 256 valence electrons. The zero-order valence-corrected chi connectivity index (χ0v) is 28.6. The van der Waals surface area contributed by atoms with Gasteiger partial charge in [0, 0.05) is 53.9 Å². The summed E-state index contributed by atoms with van der Waals surface area (Å²) in [6.45, 7) is 26.0. The minimum Gasteiger partial charge on any atom is -0.378 e. The van der Waals surface area contributed by atoms with Crippen LogP contribution in [0.4, 0.5) is 11.9 Å². The van der Waals surface area contributed by atoms with Gasteiger partial charge in [-0.15, -0.1) is 0 Å². The van der Waals surface area contributed by atoms with E-state index in [4.69, 9.17) is 19.7 Å². The minimum atomic E-state index is 0. The Morgan fingerprint density at radius 2 is 1.18 bits per heavy atom. The van der Waals surface area contributed by atoms with E-state index in [1.165, 1.54) is 38.6 Å². The molecule has 1 aromatic rings. The van der Waals surface area contributed by atoms with Gasteiger partial charge < -0.3 is 30.1 Å². The van der Waals surface area contributed by atoms with E-state index in [-0.39, 0.29) is 37.0 Å². The van der Waals surface area contributed by atoms with Gasteiger partial charge in [-0.25, -0.2) is 0 Å². The highest BCUT2D eigenvalue weighted by Gasteiger charge is 2.41. The van der Waals surface area contributed by atoms with Gasteiger partial charge in [-0.2, -0.15) is 15.0 Å². The van der Waals surface area contributed by atoms with Gasteiger partial charge in [0.15, 0.2) is 0 Å². The normalized spacial score (nSPS) is 23.1. The Hall–Kier alpha value is -1.55. The molecule has 0 unspecified atom stereocenters. The first-order valence-corrected chi connectivity index (χ1v) is 16.6. The Labute approximate surface area is 271 Å². The third-order valence-corrected chi connectivity index (χ3v) is 9.34. The molecule has 0 atom stereocenters. The molecule has 44 heavy (non-hydrogen) atoms. The van der Waals surface area contributed by atoms with Crippen molar-refractivity contribution in [3.8, 4) is 0 Å². The van der Waals surface area contributed by atoms with Gasteiger partial charge in [-0.05, 0) is 114 Å². The molecule has 2 N–H and O–H groups in total. The number of nitrogens with one attached hydrogen (secondary N) is 2. The van der Waals surface area contributed by atoms with E-state index in [0.717, 1.165) is 69.8 Å². The van der Waals surface area contributed by atoms with Crippen LogP contribution in [0, 0.1) is 6.92 Å². The number of rotatable bonds is 11. The number of morpholine rings is 1. The first-order valence-electron chi connectivity index (χ1n) is 16.6. The molecular formula is C35H70N8O. The number of unbranched alkanes of at least 4 members (excludes halogenated alkanes) is 3. The van der Waals surface area contributed by atoms with Crippen LogP contribution in [0.5, 0.6) is 0 Å². The number of nitrogens with zero attached hydrogens (tertiary/aromatic N) is 6. The zero-order chi connectivity index (χ0) is 30.8. The fourth-order valence-corrected chi connectivity index (χ4v) is 8.18. The molecule has 4 heterocycles. The molecule has 4 rings (SSSR count). The maximum absolute atomic E-state index is 5.59. The van der Waals surface area contributed by atoms with E-state index >= 15 is 0 Å². The van der Waals surface area contributed by atoms with Crippen LogP contribution in [0.1, 0.15) is 127 Å². The van der Waals surface area contributed by atoms with Crippen LogP contribution in [0.3, 0.4) is 0 Å². The summed E-state index contributed by atoms with van der Waals surface area (Å²) in [7, 11) is 2.33. The number of piperidine rings is 2. The van der Waals surface area contributed by atoms with Crippen LogP contribution in [0.15, 0.2) is 0 Å². The fourth-order valence-electron chi connectivity index (χ4n) is 8.18. The van der Waals surface area contributed by atoms with Crippen LogP contribution in [0.25, 0.3) is 0 Å². The average molecular weight is 619 g/mol. The number of ether oxygens (including phenoxy) is 1. The van der Waals surface area contributed by atoms with E-state index in [1.54, 1.807) is 0 Å². The van der Waals surface area contributed by atoms with Crippen LogP contribution < -0.4 is 20.4 Å². The van der Waals surface area contributed by atoms with Crippen molar-refractivity contribution in [2.75, 3.05) is 56.2 Å². The molecular weight excluding hydrogens is 548 g/mol. The standard InChI is InChI=1S/C33H62N8O.2CH4/c1-25-34-28(40-17-19-42-20-18-40)36-29(35-25)41(27-23-32(6,7)38-33(8,9)24-27)16-14-12-11-13-15-39(10)26-21-30(2,3)37-31(4,5)22-26;;/h26-27,37-38H,11-24H2,1-10H3;2*1H4. The second-order valence-electron chi connectivity index (χ2n) is 16.1. The van der Waals surface area contributed by atoms with Gasteiger partial charge in [0.05, 0.1) is 13.2 Å². The van der Waals surface area contributed by atoms with Crippen LogP contribution >= 0.6 is 0 Å². The molecule has 1 aromatic heterocycles. The highest BCUT2D eigenvalue weighted by atomic mass is 16.5. The summed E-state index contributed by atoms with van der Waals surface area (Å²) >= 11 is 0. The molecule has 9 heteroatoms. The zero-order valence-electron chi connectivity index (χ0n) is 28.6. The van der Waals surface area contributed by atoms with E-state index in [1.807, 2.05) is 6.92 Å². The maximum Gasteiger partial charge on any atom is 0.230 e. The molecule has 0 aliphatic carbocycles. The molecule has 3 aliphatic heterocycles. The van der Waals surface area contributed by atoms with Gasteiger partial charge in [0.1, 0.15) is 5.82 Å². The average Bonchev–Trinajstić information content (AvgIpc) is 2.84. The Morgan fingerprint density at radius 3 is 1.70 bits per heavy atom. The maximum atomic E-state index is 5.59. The fraction of sp³-hybridized carbons (Fsp3) is 0.914. The highest BCUT2D eigenvalue weighted by Crippen LogP contribution is 2.34. The molecule has 0 aromatic carbocycles. The van der Waals surface area contributed by atoms with Crippen molar-refractivity contribution in [2.24, 2.45) is 0 Å². The monoisotopic (exact) mass is 619 g/mol. The smallest absolute Gasteiger partial charge is 0.230 e. The molecule has 0 radical (unpaired) electrons. The Bertz CT molecular complexity index is 988. The van der Waals surface area contributed by atoms with Crippen molar-refractivity contribution in [1.82, 2.24) is 30.5 Å². The summed E-state index contributed by atoms with van der Waals surface area (Å²) < 4.78 is 5.59. The van der Waals surface area contributed by atoms with Crippen LogP contribution in [-0.2, 0) is 4.74 Å². The molecule has 9 nitrogen and oxygen atoms in total. The lowest BCUT2D eigenvalue weighted by Crippen LogP contribution is -2.62. The minimum absolute atomic E-state index is 0. The lowest BCUT2D eigenvalue weighted by Gasteiger charge is -2.49. The Kier molecular flexibility index (Phi) is 13.5. The second-order valence-corrected chi connectivity index (χ2v) is 16.1. The summed E-state index contributed by atoms with van der Waals surface area (Å²) in [5.74, 6) is 2.44. The molecule has 0 spiro atoms. The van der Waals surface area contributed by atoms with Crippen molar-refractivity contribution in [3.05, 3.63) is 5.82 Å². The van der Waals surface area contributed by atoms with Crippen molar-refractivity contribution in [3.63, 3.8) is 0 Å².